The molecule has 0 spiro atoms. The highest BCUT2D eigenvalue weighted by Crippen LogP contribution is 2.24. The number of anilines is 1. The van der Waals surface area contributed by atoms with Crippen LogP contribution in [0.25, 0.3) is 22.3 Å². The van der Waals surface area contributed by atoms with Gasteiger partial charge in [0.05, 0.1) is 23.1 Å². The lowest BCUT2D eigenvalue weighted by Gasteiger charge is -2.06. The van der Waals surface area contributed by atoms with Crippen LogP contribution in [0.4, 0.5) is 5.69 Å². The number of amides is 1. The molecule has 2 aromatic heterocycles. The number of aromatic nitrogens is 3. The van der Waals surface area contributed by atoms with Gasteiger partial charge in [-0.1, -0.05) is 24.3 Å². The third-order valence-electron chi connectivity index (χ3n) is 4.09. The van der Waals surface area contributed by atoms with Gasteiger partial charge in [-0.05, 0) is 30.7 Å². The quantitative estimate of drug-likeness (QED) is 0.518. The van der Waals surface area contributed by atoms with Gasteiger partial charge < -0.3 is 15.3 Å². The van der Waals surface area contributed by atoms with Crippen LogP contribution in [0.15, 0.2) is 52.6 Å². The van der Waals surface area contributed by atoms with E-state index >= 15 is 0 Å². The van der Waals surface area contributed by atoms with Crippen molar-refractivity contribution in [2.75, 3.05) is 5.32 Å². The van der Waals surface area contributed by atoms with E-state index in [-0.39, 0.29) is 18.0 Å². The molecule has 0 fully saturated rings. The van der Waals surface area contributed by atoms with E-state index in [4.69, 9.17) is 0 Å². The molecule has 0 unspecified atom stereocenters. The summed E-state index contributed by atoms with van der Waals surface area (Å²) >= 11 is 1.45. The summed E-state index contributed by atoms with van der Waals surface area (Å²) in [5, 5.41) is 5.58. The fourth-order valence-corrected chi connectivity index (χ4v) is 3.56. The lowest BCUT2D eigenvalue weighted by Crippen LogP contribution is -2.14. The topological polar surface area (TPSA) is 90.6 Å². The number of H-pyrrole nitrogens is 2. The van der Waals surface area contributed by atoms with E-state index in [0.717, 1.165) is 38.5 Å². The van der Waals surface area contributed by atoms with Gasteiger partial charge in [-0.3, -0.25) is 4.79 Å². The summed E-state index contributed by atoms with van der Waals surface area (Å²) < 4.78 is 0. The van der Waals surface area contributed by atoms with Crippen molar-refractivity contribution in [3.05, 3.63) is 68.9 Å². The van der Waals surface area contributed by atoms with Crippen LogP contribution in [0, 0.1) is 6.92 Å². The molecule has 2 aromatic carbocycles. The van der Waals surface area contributed by atoms with Crippen LogP contribution < -0.4 is 11.0 Å². The van der Waals surface area contributed by atoms with Crippen LogP contribution >= 0.6 is 11.3 Å². The van der Waals surface area contributed by atoms with E-state index in [9.17, 15) is 9.59 Å². The van der Waals surface area contributed by atoms with E-state index in [2.05, 4.69) is 20.3 Å². The van der Waals surface area contributed by atoms with Gasteiger partial charge in [0, 0.05) is 16.6 Å². The van der Waals surface area contributed by atoms with E-state index in [1.54, 1.807) is 0 Å². The molecule has 0 aliphatic heterocycles. The monoisotopic (exact) mass is 364 g/mol. The summed E-state index contributed by atoms with van der Waals surface area (Å²) in [6, 6.07) is 13.3. The first-order valence-corrected chi connectivity index (χ1v) is 8.99. The van der Waals surface area contributed by atoms with Gasteiger partial charge in [0.25, 0.3) is 0 Å². The number of hydrogen-bond acceptors (Lipinski definition) is 4. The SMILES string of the molecule is Cc1ccccc1NC(=O)Cc1nc(-c2ccc3[nH]c(=O)[nH]c3c2)cs1. The molecular weight excluding hydrogens is 348 g/mol. The highest BCUT2D eigenvalue weighted by molar-refractivity contribution is 7.10. The minimum Gasteiger partial charge on any atom is -0.325 e. The Morgan fingerprint density at radius 1 is 1.15 bits per heavy atom. The molecule has 3 N–H and O–H groups in total. The fourth-order valence-electron chi connectivity index (χ4n) is 2.76. The molecule has 4 rings (SSSR count). The van der Waals surface area contributed by atoms with Gasteiger partial charge in [-0.15, -0.1) is 11.3 Å². The molecule has 0 bridgehead atoms. The largest absolute Gasteiger partial charge is 0.325 e. The molecule has 0 saturated carbocycles. The highest BCUT2D eigenvalue weighted by atomic mass is 32.1. The summed E-state index contributed by atoms with van der Waals surface area (Å²) in [4.78, 5) is 33.6. The summed E-state index contributed by atoms with van der Waals surface area (Å²) in [6.07, 6.45) is 0.224. The van der Waals surface area contributed by atoms with E-state index < -0.39 is 0 Å². The maximum atomic E-state index is 12.3. The first-order valence-electron chi connectivity index (χ1n) is 8.11. The van der Waals surface area contributed by atoms with Crippen molar-refractivity contribution >= 4 is 34.0 Å². The van der Waals surface area contributed by atoms with Crippen molar-refractivity contribution in [3.8, 4) is 11.3 Å². The Labute approximate surface area is 152 Å². The number of thiazole rings is 1. The van der Waals surface area contributed by atoms with Crippen molar-refractivity contribution < 1.29 is 4.79 Å². The Bertz CT molecular complexity index is 1160. The fraction of sp³-hybridized carbons (Fsp3) is 0.105. The lowest BCUT2D eigenvalue weighted by molar-refractivity contribution is -0.115. The van der Waals surface area contributed by atoms with E-state index in [1.165, 1.54) is 11.3 Å². The number of benzene rings is 2. The number of carbonyl (C=O) groups is 1. The number of para-hydroxylation sites is 1. The van der Waals surface area contributed by atoms with Crippen LogP contribution in [0.1, 0.15) is 10.6 Å². The number of fused-ring (bicyclic) bond motifs is 1. The Kier molecular flexibility index (Phi) is 4.14. The van der Waals surface area contributed by atoms with Crippen molar-refractivity contribution in [1.29, 1.82) is 0 Å². The predicted octanol–water partition coefficient (Wildman–Crippen LogP) is 3.47. The van der Waals surface area contributed by atoms with E-state index in [1.807, 2.05) is 54.8 Å². The second-order valence-electron chi connectivity index (χ2n) is 6.01. The molecule has 130 valence electrons. The molecule has 1 amide bonds. The normalized spacial score (nSPS) is 11.0. The summed E-state index contributed by atoms with van der Waals surface area (Å²) in [5.74, 6) is -0.0920. The molecule has 2 heterocycles. The number of hydrogen-bond donors (Lipinski definition) is 3. The molecule has 26 heavy (non-hydrogen) atoms. The number of rotatable bonds is 4. The lowest BCUT2D eigenvalue weighted by atomic mass is 10.1. The molecule has 4 aromatic rings. The van der Waals surface area contributed by atoms with Crippen molar-refractivity contribution in [1.82, 2.24) is 15.0 Å². The highest BCUT2D eigenvalue weighted by Gasteiger charge is 2.11. The minimum atomic E-state index is -0.232. The van der Waals surface area contributed by atoms with Crippen molar-refractivity contribution in [2.24, 2.45) is 0 Å². The molecular formula is C19H16N4O2S. The molecule has 0 aliphatic rings. The molecule has 0 aliphatic carbocycles. The molecule has 7 heteroatoms. The van der Waals surface area contributed by atoms with Crippen LogP contribution in [-0.2, 0) is 11.2 Å². The van der Waals surface area contributed by atoms with Gasteiger partial charge in [0.1, 0.15) is 5.01 Å². The number of aromatic amines is 2. The zero-order valence-corrected chi connectivity index (χ0v) is 14.8. The number of nitrogens with one attached hydrogen (secondary N) is 3. The van der Waals surface area contributed by atoms with Gasteiger partial charge >= 0.3 is 5.69 Å². The second kappa shape index (κ2) is 6.61. The van der Waals surface area contributed by atoms with Crippen LogP contribution in [0.5, 0.6) is 0 Å². The van der Waals surface area contributed by atoms with Crippen LogP contribution in [0.3, 0.4) is 0 Å². The summed E-state index contributed by atoms with van der Waals surface area (Å²) in [7, 11) is 0. The average Bonchev–Trinajstić information content (AvgIpc) is 3.21. The maximum absolute atomic E-state index is 12.3. The van der Waals surface area contributed by atoms with E-state index in [0.29, 0.717) is 0 Å². The van der Waals surface area contributed by atoms with Crippen LogP contribution in [-0.4, -0.2) is 20.9 Å². The standard InChI is InChI=1S/C19H16N4O2S/c1-11-4-2-3-5-13(11)20-17(24)9-18-21-16(10-26-18)12-6-7-14-15(8-12)23-19(25)22-14/h2-8,10H,9H2,1H3,(H,20,24)(H2,22,23,25). The minimum absolute atomic E-state index is 0.0920. The number of imidazole rings is 1. The second-order valence-corrected chi connectivity index (χ2v) is 6.95. The first kappa shape index (κ1) is 16.3. The molecule has 0 saturated heterocycles. The Morgan fingerprint density at radius 3 is 2.81 bits per heavy atom. The van der Waals surface area contributed by atoms with Crippen molar-refractivity contribution in [2.45, 2.75) is 13.3 Å². The maximum Gasteiger partial charge on any atom is 0.323 e. The van der Waals surface area contributed by atoms with Gasteiger partial charge in [-0.2, -0.15) is 0 Å². The first-order chi connectivity index (χ1) is 12.6. The Morgan fingerprint density at radius 2 is 1.96 bits per heavy atom. The molecule has 0 atom stereocenters. The third kappa shape index (κ3) is 3.29. The zero-order valence-electron chi connectivity index (χ0n) is 14.0. The number of nitrogens with zero attached hydrogens (tertiary/aromatic N) is 1. The van der Waals surface area contributed by atoms with Gasteiger partial charge in [0.15, 0.2) is 0 Å². The van der Waals surface area contributed by atoms with Gasteiger partial charge in [0.2, 0.25) is 5.91 Å². The van der Waals surface area contributed by atoms with Gasteiger partial charge in [-0.25, -0.2) is 9.78 Å². The Balaban J connectivity index is 1.51. The predicted molar refractivity (Wildman–Crippen MR) is 104 cm³/mol. The number of aryl methyl sites for hydroxylation is 1. The smallest absolute Gasteiger partial charge is 0.323 e. The Hall–Kier alpha value is -3.19. The molecule has 6 nitrogen and oxygen atoms in total. The average molecular weight is 364 g/mol. The van der Waals surface area contributed by atoms with Crippen LogP contribution in [0.2, 0.25) is 0 Å². The molecule has 0 radical (unpaired) electrons. The number of carbonyl (C=O) groups excluding carboxylic acids is 1. The third-order valence-corrected chi connectivity index (χ3v) is 4.94. The van der Waals surface area contributed by atoms with Crippen molar-refractivity contribution in [3.63, 3.8) is 0 Å². The summed E-state index contributed by atoms with van der Waals surface area (Å²) in [5.41, 5.74) is 4.79. The zero-order chi connectivity index (χ0) is 18.1. The summed E-state index contributed by atoms with van der Waals surface area (Å²) in [6.45, 7) is 1.96.